The minimum atomic E-state index is -0.705. The Morgan fingerprint density at radius 3 is 2.56 bits per heavy atom. The molecule has 2 N–H and O–H groups in total. The van der Waals surface area contributed by atoms with Gasteiger partial charge in [-0.1, -0.05) is 18.2 Å². The second kappa shape index (κ2) is 14.3. The highest BCUT2D eigenvalue weighted by Gasteiger charge is 2.32. The lowest BCUT2D eigenvalue weighted by atomic mass is 10.0. The summed E-state index contributed by atoms with van der Waals surface area (Å²) in [4.78, 5) is 54.0. The number of carbonyl (C=O) groups excluding carboxylic acids is 2. The van der Waals surface area contributed by atoms with E-state index in [2.05, 4.69) is 30.3 Å². The predicted molar refractivity (Wildman–Crippen MR) is 208 cm³/mol. The summed E-state index contributed by atoms with van der Waals surface area (Å²) in [6.45, 7) is 5.87. The van der Waals surface area contributed by atoms with Gasteiger partial charge in [-0.2, -0.15) is 0 Å². The van der Waals surface area contributed by atoms with Gasteiger partial charge < -0.3 is 15.1 Å². The summed E-state index contributed by atoms with van der Waals surface area (Å²) in [7, 11) is 1.70. The van der Waals surface area contributed by atoms with E-state index in [-0.39, 0.29) is 29.9 Å². The second-order valence-electron chi connectivity index (χ2n) is 14.5. The number of benzene rings is 2. The molecule has 1 unspecified atom stereocenters. The minimum Gasteiger partial charge on any atom is -0.384 e. The zero-order chi connectivity index (χ0) is 37.6. The molecule has 2 atom stereocenters. The molecule has 0 saturated carbocycles. The number of aromatic nitrogens is 6. The third kappa shape index (κ3) is 6.58. The topological polar surface area (TPSA) is 138 Å². The number of pyridine rings is 1. The Hall–Kier alpha value is -6.09. The molecule has 15 heteroatoms. The van der Waals surface area contributed by atoms with E-state index < -0.39 is 11.9 Å². The van der Waals surface area contributed by atoms with Crippen molar-refractivity contribution < 1.29 is 14.0 Å². The largest absolute Gasteiger partial charge is 0.384 e. The zero-order valence-corrected chi connectivity index (χ0v) is 30.6. The average Bonchev–Trinajstić information content (AvgIpc) is 3.92. The molecule has 4 aromatic heterocycles. The first kappa shape index (κ1) is 34.7. The molecular weight excluding hydrogens is 702 g/mol. The number of aryl methyl sites for hydroxylation is 1. The molecule has 3 aliphatic heterocycles. The normalized spacial score (nSPS) is 19.5. The van der Waals surface area contributed by atoms with Gasteiger partial charge in [0, 0.05) is 65.0 Å². The lowest BCUT2D eigenvalue weighted by Crippen LogP contribution is -2.47. The number of halogens is 1. The summed E-state index contributed by atoms with van der Waals surface area (Å²) in [5.41, 5.74) is 5.32. The summed E-state index contributed by atoms with van der Waals surface area (Å²) in [6.07, 6.45) is 4.29. The molecule has 3 fully saturated rings. The van der Waals surface area contributed by atoms with Gasteiger partial charge in [-0.05, 0) is 79.4 Å². The monoisotopic (exact) mass is 743 g/mol. The molecule has 9 rings (SSSR count). The van der Waals surface area contributed by atoms with E-state index in [1.165, 1.54) is 10.6 Å². The molecule has 0 bridgehead atoms. The Morgan fingerprint density at radius 1 is 0.873 bits per heavy atom. The number of imidazole rings is 2. The number of rotatable bonds is 9. The molecular formula is C40H42FN11O3. The van der Waals surface area contributed by atoms with Crippen molar-refractivity contribution in [2.75, 3.05) is 60.9 Å². The predicted octanol–water partition coefficient (Wildman–Crippen LogP) is 4.14. The number of piperazine rings is 1. The number of piperidine rings is 1. The summed E-state index contributed by atoms with van der Waals surface area (Å²) in [5, 5.41) is 10.9. The number of carbonyl (C=O) groups is 2. The van der Waals surface area contributed by atoms with Gasteiger partial charge in [0.1, 0.15) is 29.2 Å². The highest BCUT2D eigenvalue weighted by molar-refractivity contribution is 6.00. The van der Waals surface area contributed by atoms with Crippen LogP contribution in [0.1, 0.15) is 43.3 Å². The highest BCUT2D eigenvalue weighted by Crippen LogP contribution is 2.36. The van der Waals surface area contributed by atoms with Crippen LogP contribution < -0.4 is 26.1 Å². The van der Waals surface area contributed by atoms with E-state index in [0.29, 0.717) is 11.9 Å². The Balaban J connectivity index is 0.831. The van der Waals surface area contributed by atoms with Crippen LogP contribution in [-0.4, -0.2) is 91.2 Å². The van der Waals surface area contributed by atoms with Crippen LogP contribution in [0.5, 0.6) is 0 Å². The van der Waals surface area contributed by atoms with Gasteiger partial charge in [-0.25, -0.2) is 23.7 Å². The molecule has 2 aromatic carbocycles. The van der Waals surface area contributed by atoms with E-state index in [1.807, 2.05) is 65.3 Å². The number of amides is 2. The molecule has 55 heavy (non-hydrogen) atoms. The molecule has 7 heterocycles. The lowest BCUT2D eigenvalue weighted by molar-refractivity contribution is -0.135. The molecule has 0 spiro atoms. The fourth-order valence-corrected chi connectivity index (χ4v) is 8.30. The fourth-order valence-electron chi connectivity index (χ4n) is 8.30. The van der Waals surface area contributed by atoms with Crippen molar-refractivity contribution in [3.63, 3.8) is 0 Å². The van der Waals surface area contributed by atoms with Gasteiger partial charge in [0.2, 0.25) is 11.8 Å². The number of imide groups is 1. The van der Waals surface area contributed by atoms with Crippen molar-refractivity contribution in [3.05, 3.63) is 101 Å². The van der Waals surface area contributed by atoms with Crippen LogP contribution in [0.4, 0.5) is 21.7 Å². The van der Waals surface area contributed by atoms with Crippen LogP contribution in [0.25, 0.3) is 28.1 Å². The molecule has 2 amide bonds. The Bertz CT molecular complexity index is 2480. The van der Waals surface area contributed by atoms with Crippen molar-refractivity contribution in [1.29, 1.82) is 0 Å². The maximum absolute atomic E-state index is 14.1. The molecule has 0 aliphatic carbocycles. The summed E-state index contributed by atoms with van der Waals surface area (Å²) >= 11 is 0. The standard InChI is InChI=1S/C40H42FN11O3/c1-47-33-24-28(10-11-31(33)51(40(47)55)32-12-15-38(53)45-39(32)54)42-16-18-48-19-21-49(22-20-48)36-9-3-7-29(44-36)34-25-43-35-13-14-37(46-52(34)35)50-17-4-8-30(50)26-5-2-6-27(41)23-26/h2-3,5-7,9-11,13-14,23-25,30,32,42H,4,8,12,15-22H2,1H3,(H,45,53,54)/t30-,32?/m1/s1. The van der Waals surface area contributed by atoms with Crippen molar-refractivity contribution in [2.45, 2.75) is 37.8 Å². The van der Waals surface area contributed by atoms with Crippen LogP contribution in [0.3, 0.4) is 0 Å². The first-order chi connectivity index (χ1) is 26.8. The van der Waals surface area contributed by atoms with E-state index in [1.54, 1.807) is 23.7 Å². The van der Waals surface area contributed by atoms with E-state index in [4.69, 9.17) is 10.1 Å². The van der Waals surface area contributed by atoms with E-state index in [9.17, 15) is 18.8 Å². The van der Waals surface area contributed by atoms with Gasteiger partial charge in [0.25, 0.3) is 0 Å². The van der Waals surface area contributed by atoms with Crippen molar-refractivity contribution in [2.24, 2.45) is 7.05 Å². The van der Waals surface area contributed by atoms with Gasteiger partial charge in [-0.15, -0.1) is 5.10 Å². The number of nitrogens with zero attached hydrogens (tertiary/aromatic N) is 9. The van der Waals surface area contributed by atoms with Crippen LogP contribution in [0.2, 0.25) is 0 Å². The third-order valence-electron chi connectivity index (χ3n) is 11.2. The fraction of sp³-hybridized carbons (Fsp3) is 0.350. The summed E-state index contributed by atoms with van der Waals surface area (Å²) < 4.78 is 19.0. The summed E-state index contributed by atoms with van der Waals surface area (Å²) in [6, 6.07) is 22.0. The van der Waals surface area contributed by atoms with Gasteiger partial charge in [0.15, 0.2) is 5.65 Å². The molecule has 6 aromatic rings. The molecule has 0 radical (unpaired) electrons. The maximum Gasteiger partial charge on any atom is 0.329 e. The summed E-state index contributed by atoms with van der Waals surface area (Å²) in [5.74, 6) is 0.770. The molecule has 3 aliphatic rings. The van der Waals surface area contributed by atoms with Gasteiger partial charge in [0.05, 0.1) is 29.0 Å². The van der Waals surface area contributed by atoms with Crippen LogP contribution in [0, 0.1) is 5.82 Å². The zero-order valence-electron chi connectivity index (χ0n) is 30.6. The molecule has 14 nitrogen and oxygen atoms in total. The minimum absolute atomic E-state index is 0.0662. The first-order valence-electron chi connectivity index (χ1n) is 18.9. The number of anilines is 3. The Kier molecular flexibility index (Phi) is 9.00. The highest BCUT2D eigenvalue weighted by atomic mass is 19.1. The first-order valence-corrected chi connectivity index (χ1v) is 18.9. The quantitative estimate of drug-likeness (QED) is 0.208. The smallest absolute Gasteiger partial charge is 0.329 e. The third-order valence-corrected chi connectivity index (χ3v) is 11.2. The maximum atomic E-state index is 14.1. The average molecular weight is 744 g/mol. The number of hydrogen-bond acceptors (Lipinski definition) is 10. The Labute approximate surface area is 316 Å². The number of nitrogens with one attached hydrogen (secondary N) is 2. The van der Waals surface area contributed by atoms with Crippen LogP contribution >= 0.6 is 0 Å². The van der Waals surface area contributed by atoms with E-state index >= 15 is 0 Å². The van der Waals surface area contributed by atoms with Crippen molar-refractivity contribution in [1.82, 2.24) is 38.9 Å². The van der Waals surface area contributed by atoms with Crippen LogP contribution in [-0.2, 0) is 16.6 Å². The second-order valence-corrected chi connectivity index (χ2v) is 14.5. The lowest BCUT2D eigenvalue weighted by Gasteiger charge is -2.35. The molecule has 282 valence electrons. The van der Waals surface area contributed by atoms with Crippen molar-refractivity contribution >= 4 is 45.8 Å². The van der Waals surface area contributed by atoms with E-state index in [0.717, 1.165) is 104 Å². The number of hydrogen-bond donors (Lipinski definition) is 2. The Morgan fingerprint density at radius 2 is 1.73 bits per heavy atom. The van der Waals surface area contributed by atoms with Gasteiger partial charge in [-0.3, -0.25) is 28.9 Å². The van der Waals surface area contributed by atoms with Crippen LogP contribution in [0.15, 0.2) is 83.8 Å². The SMILES string of the molecule is Cn1c(=O)n(C2CCC(=O)NC2=O)c2ccc(NCCN3CCN(c4cccc(-c5cnc6ccc(N7CCC[C@@H]7c7cccc(F)c7)nn56)n4)CC3)cc21. The number of fused-ring (bicyclic) bond motifs is 2. The molecule has 3 saturated heterocycles. The van der Waals surface area contributed by atoms with Gasteiger partial charge >= 0.3 is 5.69 Å². The van der Waals surface area contributed by atoms with Crippen molar-refractivity contribution in [3.8, 4) is 11.4 Å².